The number of para-hydroxylation sites is 1. The normalized spacial score (nSPS) is 17.2. The number of carbonyl (C=O) groups is 1. The van der Waals surface area contributed by atoms with Crippen molar-refractivity contribution in [3.8, 4) is 0 Å². The predicted molar refractivity (Wildman–Crippen MR) is 89.3 cm³/mol. The molecule has 1 aliphatic rings. The van der Waals surface area contributed by atoms with E-state index in [0.717, 1.165) is 42.7 Å². The van der Waals surface area contributed by atoms with Crippen LogP contribution < -0.4 is 0 Å². The molecule has 1 N–H and O–H groups in total. The Morgan fingerprint density at radius 1 is 1.43 bits per heavy atom. The number of aromatic nitrogens is 3. The molecule has 5 heteroatoms. The fourth-order valence-corrected chi connectivity index (χ4v) is 3.44. The summed E-state index contributed by atoms with van der Waals surface area (Å²) in [6.07, 6.45) is 5.92. The first kappa shape index (κ1) is 14.1. The number of H-pyrrole nitrogens is 1. The average Bonchev–Trinajstić information content (AvgIpc) is 3.19. The molecule has 0 saturated carbocycles. The van der Waals surface area contributed by atoms with E-state index in [1.807, 2.05) is 54.7 Å². The fraction of sp³-hybridized carbons (Fsp3) is 0.333. The first-order valence-electron chi connectivity index (χ1n) is 8.04. The molecule has 1 atom stereocenters. The third-order valence-electron chi connectivity index (χ3n) is 4.69. The van der Waals surface area contributed by atoms with Crippen molar-refractivity contribution in [2.24, 2.45) is 5.92 Å². The van der Waals surface area contributed by atoms with Gasteiger partial charge in [-0.05, 0) is 24.5 Å². The summed E-state index contributed by atoms with van der Waals surface area (Å²) in [5, 5.41) is 1.07. The second-order valence-corrected chi connectivity index (χ2v) is 6.35. The van der Waals surface area contributed by atoms with Gasteiger partial charge in [-0.15, -0.1) is 0 Å². The Bertz CT molecular complexity index is 814. The number of rotatable bonds is 3. The Morgan fingerprint density at radius 3 is 3.17 bits per heavy atom. The molecule has 0 radical (unpaired) electrons. The SMILES string of the molecule is CN(C[C@@H]1CCn2ccnc2C1)C(=O)c1cc2ccccc2[nH]1. The van der Waals surface area contributed by atoms with E-state index in [4.69, 9.17) is 0 Å². The lowest BCUT2D eigenvalue weighted by atomic mass is 9.97. The molecule has 1 amide bonds. The Labute approximate surface area is 134 Å². The lowest BCUT2D eigenvalue weighted by molar-refractivity contribution is 0.0759. The van der Waals surface area contributed by atoms with Crippen LogP contribution in [0.1, 0.15) is 22.7 Å². The van der Waals surface area contributed by atoms with Crippen molar-refractivity contribution < 1.29 is 4.79 Å². The molecule has 1 aliphatic heterocycles. The van der Waals surface area contributed by atoms with Gasteiger partial charge >= 0.3 is 0 Å². The van der Waals surface area contributed by atoms with Crippen LogP contribution >= 0.6 is 0 Å². The quantitative estimate of drug-likeness (QED) is 0.809. The number of benzene rings is 1. The van der Waals surface area contributed by atoms with E-state index in [1.165, 1.54) is 0 Å². The van der Waals surface area contributed by atoms with Crippen molar-refractivity contribution >= 4 is 16.8 Å². The van der Waals surface area contributed by atoms with Gasteiger partial charge in [0.25, 0.3) is 5.91 Å². The van der Waals surface area contributed by atoms with E-state index < -0.39 is 0 Å². The molecule has 2 aromatic heterocycles. The number of imidazole rings is 1. The molecule has 5 nitrogen and oxygen atoms in total. The maximum atomic E-state index is 12.7. The topological polar surface area (TPSA) is 53.9 Å². The number of aromatic amines is 1. The Morgan fingerprint density at radius 2 is 2.30 bits per heavy atom. The molecular formula is C18H20N4O. The minimum absolute atomic E-state index is 0.0510. The van der Waals surface area contributed by atoms with Crippen LogP contribution in [0.25, 0.3) is 10.9 Å². The summed E-state index contributed by atoms with van der Waals surface area (Å²) in [5.74, 6) is 1.66. The first-order valence-corrected chi connectivity index (χ1v) is 8.04. The van der Waals surface area contributed by atoms with E-state index in [1.54, 1.807) is 0 Å². The van der Waals surface area contributed by atoms with Gasteiger partial charge in [-0.2, -0.15) is 0 Å². The Balaban J connectivity index is 1.46. The average molecular weight is 308 g/mol. The van der Waals surface area contributed by atoms with Gasteiger partial charge in [0.05, 0.1) is 0 Å². The number of hydrogen-bond donors (Lipinski definition) is 1. The molecule has 3 heterocycles. The zero-order chi connectivity index (χ0) is 15.8. The largest absolute Gasteiger partial charge is 0.351 e. The summed E-state index contributed by atoms with van der Waals surface area (Å²) < 4.78 is 2.20. The maximum absolute atomic E-state index is 12.7. The smallest absolute Gasteiger partial charge is 0.270 e. The molecule has 118 valence electrons. The Hall–Kier alpha value is -2.56. The van der Waals surface area contributed by atoms with Crippen LogP contribution in [-0.4, -0.2) is 38.9 Å². The van der Waals surface area contributed by atoms with Gasteiger partial charge in [0.1, 0.15) is 11.5 Å². The summed E-state index contributed by atoms with van der Waals surface area (Å²) in [5.41, 5.74) is 1.66. The zero-order valence-corrected chi connectivity index (χ0v) is 13.2. The van der Waals surface area contributed by atoms with Crippen molar-refractivity contribution in [3.63, 3.8) is 0 Å². The highest BCUT2D eigenvalue weighted by Crippen LogP contribution is 2.21. The molecule has 3 aromatic rings. The molecule has 0 saturated heterocycles. The number of nitrogens with zero attached hydrogens (tertiary/aromatic N) is 3. The van der Waals surface area contributed by atoms with E-state index in [-0.39, 0.29) is 5.91 Å². The van der Waals surface area contributed by atoms with Crippen molar-refractivity contribution in [3.05, 3.63) is 54.2 Å². The molecule has 23 heavy (non-hydrogen) atoms. The van der Waals surface area contributed by atoms with Crippen LogP contribution in [-0.2, 0) is 13.0 Å². The van der Waals surface area contributed by atoms with Gasteiger partial charge < -0.3 is 14.5 Å². The van der Waals surface area contributed by atoms with Crippen LogP contribution in [0, 0.1) is 5.92 Å². The fourth-order valence-electron chi connectivity index (χ4n) is 3.44. The van der Waals surface area contributed by atoms with Crippen LogP contribution in [0.2, 0.25) is 0 Å². The standard InChI is InChI=1S/C18H20N4O/c1-21(12-13-6-8-22-9-7-19-17(22)10-13)18(23)16-11-14-4-2-3-5-15(14)20-16/h2-5,7,9,11,13,20H,6,8,10,12H2,1H3/t13-/m1/s1. The highest BCUT2D eigenvalue weighted by molar-refractivity contribution is 5.97. The molecule has 0 bridgehead atoms. The molecule has 0 unspecified atom stereocenters. The predicted octanol–water partition coefficient (Wildman–Crippen LogP) is 2.70. The molecule has 0 fully saturated rings. The van der Waals surface area contributed by atoms with Crippen molar-refractivity contribution in [2.45, 2.75) is 19.4 Å². The number of nitrogens with one attached hydrogen (secondary N) is 1. The van der Waals surface area contributed by atoms with Gasteiger partial charge in [-0.25, -0.2) is 4.98 Å². The van der Waals surface area contributed by atoms with Crippen molar-refractivity contribution in [1.29, 1.82) is 0 Å². The molecule has 0 spiro atoms. The van der Waals surface area contributed by atoms with Crippen LogP contribution in [0.5, 0.6) is 0 Å². The van der Waals surface area contributed by atoms with E-state index in [9.17, 15) is 4.79 Å². The number of hydrogen-bond acceptors (Lipinski definition) is 2. The first-order chi connectivity index (χ1) is 11.2. The van der Waals surface area contributed by atoms with E-state index in [2.05, 4.69) is 14.5 Å². The van der Waals surface area contributed by atoms with Gasteiger partial charge in [0.2, 0.25) is 0 Å². The molecule has 0 aliphatic carbocycles. The second-order valence-electron chi connectivity index (χ2n) is 6.35. The molecular weight excluding hydrogens is 288 g/mol. The number of fused-ring (bicyclic) bond motifs is 2. The van der Waals surface area contributed by atoms with Gasteiger partial charge in [0.15, 0.2) is 0 Å². The van der Waals surface area contributed by atoms with Crippen LogP contribution in [0.4, 0.5) is 0 Å². The second kappa shape index (κ2) is 5.57. The summed E-state index contributed by atoms with van der Waals surface area (Å²) in [6, 6.07) is 9.90. The Kier molecular flexibility index (Phi) is 3.41. The van der Waals surface area contributed by atoms with Crippen molar-refractivity contribution in [1.82, 2.24) is 19.4 Å². The van der Waals surface area contributed by atoms with Gasteiger partial charge in [-0.3, -0.25) is 4.79 Å². The lowest BCUT2D eigenvalue weighted by Gasteiger charge is -2.27. The minimum Gasteiger partial charge on any atom is -0.351 e. The summed E-state index contributed by atoms with van der Waals surface area (Å²) in [7, 11) is 1.88. The van der Waals surface area contributed by atoms with Crippen LogP contribution in [0.15, 0.2) is 42.7 Å². The third-order valence-corrected chi connectivity index (χ3v) is 4.69. The van der Waals surface area contributed by atoms with Gasteiger partial charge in [-0.1, -0.05) is 18.2 Å². The zero-order valence-electron chi connectivity index (χ0n) is 13.2. The molecule has 4 rings (SSSR count). The highest BCUT2D eigenvalue weighted by Gasteiger charge is 2.23. The maximum Gasteiger partial charge on any atom is 0.270 e. The summed E-state index contributed by atoms with van der Waals surface area (Å²) >= 11 is 0. The number of aryl methyl sites for hydroxylation is 1. The van der Waals surface area contributed by atoms with Crippen LogP contribution in [0.3, 0.4) is 0 Å². The molecule has 1 aromatic carbocycles. The summed E-state index contributed by atoms with van der Waals surface area (Å²) in [4.78, 5) is 22.1. The van der Waals surface area contributed by atoms with Crippen molar-refractivity contribution in [2.75, 3.05) is 13.6 Å². The number of carbonyl (C=O) groups excluding carboxylic acids is 1. The van der Waals surface area contributed by atoms with E-state index >= 15 is 0 Å². The summed E-state index contributed by atoms with van der Waals surface area (Å²) in [6.45, 7) is 1.76. The third kappa shape index (κ3) is 2.63. The van der Waals surface area contributed by atoms with E-state index in [0.29, 0.717) is 11.6 Å². The van der Waals surface area contributed by atoms with Gasteiger partial charge in [0, 0.05) is 49.9 Å². The minimum atomic E-state index is 0.0510. The number of amides is 1. The highest BCUT2D eigenvalue weighted by atomic mass is 16.2. The monoisotopic (exact) mass is 308 g/mol. The lowest BCUT2D eigenvalue weighted by Crippen LogP contribution is -2.35.